The Balaban J connectivity index is 2.05. The number of hydrogen-bond acceptors (Lipinski definition) is 6. The van der Waals surface area contributed by atoms with E-state index in [0.717, 1.165) is 4.31 Å². The van der Waals surface area contributed by atoms with Crippen molar-refractivity contribution < 1.29 is 31.9 Å². The van der Waals surface area contributed by atoms with Crippen molar-refractivity contribution in [3.8, 4) is 11.5 Å². The van der Waals surface area contributed by atoms with Crippen molar-refractivity contribution in [2.24, 2.45) is 5.92 Å². The number of rotatable bonds is 14. The maximum atomic E-state index is 14.1. The van der Waals surface area contributed by atoms with Gasteiger partial charge in [-0.15, -0.1) is 0 Å². The molecule has 0 heterocycles. The number of para-hydroxylation sites is 1. The van der Waals surface area contributed by atoms with Crippen LogP contribution in [0.1, 0.15) is 32.8 Å². The number of carbonyl (C=O) groups excluding carboxylic acids is 2. The highest BCUT2D eigenvalue weighted by molar-refractivity contribution is 7.92. The number of ether oxygens (including phenoxy) is 2. The molecule has 0 saturated heterocycles. The smallest absolute Gasteiger partial charge is 0.264 e. The number of sulfonamides is 1. The van der Waals surface area contributed by atoms with E-state index in [9.17, 15) is 22.4 Å². The predicted molar refractivity (Wildman–Crippen MR) is 159 cm³/mol. The zero-order chi connectivity index (χ0) is 30.9. The number of methoxy groups -OCH3 is 2. The van der Waals surface area contributed by atoms with Crippen molar-refractivity contribution in [3.63, 3.8) is 0 Å². The molecule has 1 N–H and O–H groups in total. The highest BCUT2D eigenvalue weighted by Crippen LogP contribution is 2.32. The van der Waals surface area contributed by atoms with E-state index in [1.165, 1.54) is 61.6 Å². The third-order valence-corrected chi connectivity index (χ3v) is 8.37. The molecule has 0 bridgehead atoms. The number of amides is 2. The number of nitrogens with zero attached hydrogens (tertiary/aromatic N) is 2. The van der Waals surface area contributed by atoms with Crippen LogP contribution < -0.4 is 19.1 Å². The molecule has 3 rings (SSSR count). The number of nitrogens with one attached hydrogen (secondary N) is 1. The summed E-state index contributed by atoms with van der Waals surface area (Å²) in [6.07, 6.45) is 0.282. The van der Waals surface area contributed by atoms with Crippen LogP contribution in [0.2, 0.25) is 0 Å². The first-order valence-electron chi connectivity index (χ1n) is 13.6. The SMILES string of the molecule is CC[C@@H](C(=O)NCC(C)C)N(Cc1ccc(F)cc1)C(=O)CN(c1ccccc1)S(=O)(=O)c1ccc(OC)c(OC)c1. The second-order valence-electron chi connectivity index (χ2n) is 10.1. The average Bonchev–Trinajstić information content (AvgIpc) is 2.99. The lowest BCUT2D eigenvalue weighted by atomic mass is 10.1. The van der Waals surface area contributed by atoms with E-state index in [-0.39, 0.29) is 41.1 Å². The molecule has 0 saturated carbocycles. The van der Waals surface area contributed by atoms with Crippen LogP contribution in [0.4, 0.5) is 10.1 Å². The predicted octanol–water partition coefficient (Wildman–Crippen LogP) is 4.62. The van der Waals surface area contributed by atoms with Crippen molar-refractivity contribution in [2.75, 3.05) is 31.6 Å². The van der Waals surface area contributed by atoms with Crippen molar-refractivity contribution in [2.45, 2.75) is 44.7 Å². The van der Waals surface area contributed by atoms with Gasteiger partial charge in [0.25, 0.3) is 10.0 Å². The number of anilines is 1. The largest absolute Gasteiger partial charge is 0.493 e. The Morgan fingerprint density at radius 3 is 2.14 bits per heavy atom. The minimum Gasteiger partial charge on any atom is -0.493 e. The fourth-order valence-electron chi connectivity index (χ4n) is 4.36. The average molecular weight is 600 g/mol. The molecule has 0 aliphatic heterocycles. The highest BCUT2D eigenvalue weighted by atomic mass is 32.2. The van der Waals surface area contributed by atoms with Crippen LogP contribution in [0, 0.1) is 11.7 Å². The molecule has 0 spiro atoms. The van der Waals surface area contributed by atoms with Gasteiger partial charge in [0.05, 0.1) is 24.8 Å². The van der Waals surface area contributed by atoms with Crippen LogP contribution in [-0.2, 0) is 26.2 Å². The highest BCUT2D eigenvalue weighted by Gasteiger charge is 2.34. The molecule has 0 aliphatic carbocycles. The van der Waals surface area contributed by atoms with E-state index in [2.05, 4.69) is 5.32 Å². The maximum Gasteiger partial charge on any atom is 0.264 e. The van der Waals surface area contributed by atoms with Gasteiger partial charge in [0.2, 0.25) is 11.8 Å². The zero-order valence-corrected chi connectivity index (χ0v) is 25.4. The standard InChI is InChI=1S/C31H38FN3O6S/c1-6-27(31(37)33-19-22(2)3)34(20-23-12-14-24(32)15-13-23)30(36)21-35(25-10-8-7-9-11-25)42(38,39)26-16-17-28(40-4)29(18-26)41-5/h7-18,22,27H,6,19-21H2,1-5H3,(H,33,37)/t27-/m0/s1. The van der Waals surface area contributed by atoms with Gasteiger partial charge in [0.15, 0.2) is 11.5 Å². The molecule has 0 fully saturated rings. The van der Waals surface area contributed by atoms with Gasteiger partial charge in [0, 0.05) is 19.2 Å². The van der Waals surface area contributed by atoms with E-state index in [0.29, 0.717) is 17.9 Å². The molecule has 9 nitrogen and oxygen atoms in total. The van der Waals surface area contributed by atoms with Crippen LogP contribution in [0.15, 0.2) is 77.7 Å². The van der Waals surface area contributed by atoms with Gasteiger partial charge in [0.1, 0.15) is 18.4 Å². The quantitative estimate of drug-likeness (QED) is 0.290. The zero-order valence-electron chi connectivity index (χ0n) is 24.5. The Bertz CT molecular complexity index is 1450. The van der Waals surface area contributed by atoms with Crippen LogP contribution in [0.5, 0.6) is 11.5 Å². The van der Waals surface area contributed by atoms with E-state index in [4.69, 9.17) is 9.47 Å². The minimum atomic E-state index is -4.29. The Labute approximate surface area is 247 Å². The second kappa shape index (κ2) is 14.7. The lowest BCUT2D eigenvalue weighted by Gasteiger charge is -2.33. The van der Waals surface area contributed by atoms with E-state index in [1.807, 2.05) is 13.8 Å². The summed E-state index contributed by atoms with van der Waals surface area (Å²) < 4.78 is 53.3. The number of halogens is 1. The third-order valence-electron chi connectivity index (χ3n) is 6.60. The third kappa shape index (κ3) is 8.00. The molecule has 226 valence electrons. The molecule has 2 amide bonds. The number of benzene rings is 3. The Morgan fingerprint density at radius 2 is 1.57 bits per heavy atom. The summed E-state index contributed by atoms with van der Waals surface area (Å²) in [5, 5.41) is 2.88. The Kier molecular flexibility index (Phi) is 11.3. The summed E-state index contributed by atoms with van der Waals surface area (Å²) in [6, 6.07) is 17.2. The first-order valence-corrected chi connectivity index (χ1v) is 15.1. The van der Waals surface area contributed by atoms with E-state index in [1.54, 1.807) is 37.3 Å². The van der Waals surface area contributed by atoms with Gasteiger partial charge in [-0.25, -0.2) is 12.8 Å². The first-order chi connectivity index (χ1) is 20.0. The van der Waals surface area contributed by atoms with Gasteiger partial charge < -0.3 is 19.7 Å². The summed E-state index contributed by atoms with van der Waals surface area (Å²) >= 11 is 0. The van der Waals surface area contributed by atoms with Gasteiger partial charge in [-0.2, -0.15) is 0 Å². The Morgan fingerprint density at radius 1 is 0.929 bits per heavy atom. The molecule has 42 heavy (non-hydrogen) atoms. The van der Waals surface area contributed by atoms with Crippen LogP contribution in [0.3, 0.4) is 0 Å². The van der Waals surface area contributed by atoms with Crippen LogP contribution >= 0.6 is 0 Å². The minimum absolute atomic E-state index is 0.0221. The monoisotopic (exact) mass is 599 g/mol. The molecule has 1 atom stereocenters. The lowest BCUT2D eigenvalue weighted by molar-refractivity contribution is -0.140. The fraction of sp³-hybridized carbons (Fsp3) is 0.355. The second-order valence-corrected chi connectivity index (χ2v) is 11.9. The van der Waals surface area contributed by atoms with E-state index < -0.39 is 34.3 Å². The molecule has 3 aromatic carbocycles. The summed E-state index contributed by atoms with van der Waals surface area (Å²) in [5.41, 5.74) is 0.855. The van der Waals surface area contributed by atoms with Gasteiger partial charge in [-0.05, 0) is 54.3 Å². The molecule has 0 aromatic heterocycles. The lowest BCUT2D eigenvalue weighted by Crippen LogP contribution is -2.52. The summed E-state index contributed by atoms with van der Waals surface area (Å²) in [5.74, 6) is -0.636. The van der Waals surface area contributed by atoms with Gasteiger partial charge >= 0.3 is 0 Å². The molecule has 0 aliphatic rings. The van der Waals surface area contributed by atoms with Crippen LogP contribution in [-0.4, -0.2) is 58.5 Å². The first kappa shape index (κ1) is 32.4. The fourth-order valence-corrected chi connectivity index (χ4v) is 5.79. The summed E-state index contributed by atoms with van der Waals surface area (Å²) in [4.78, 5) is 28.6. The van der Waals surface area contributed by atoms with Crippen molar-refractivity contribution in [1.29, 1.82) is 0 Å². The topological polar surface area (TPSA) is 105 Å². The molecule has 11 heteroatoms. The molecular formula is C31H38FN3O6S. The van der Waals surface area contributed by atoms with Gasteiger partial charge in [-0.3, -0.25) is 13.9 Å². The summed E-state index contributed by atoms with van der Waals surface area (Å²) in [6.45, 7) is 5.50. The Hall–Kier alpha value is -4.12. The van der Waals surface area contributed by atoms with Crippen molar-refractivity contribution >= 4 is 27.5 Å². The van der Waals surface area contributed by atoms with Crippen molar-refractivity contribution in [1.82, 2.24) is 10.2 Å². The number of hydrogen-bond donors (Lipinski definition) is 1. The number of carbonyl (C=O) groups is 2. The molecule has 0 unspecified atom stereocenters. The van der Waals surface area contributed by atoms with Gasteiger partial charge in [-0.1, -0.05) is 51.1 Å². The molecule has 0 radical (unpaired) electrons. The van der Waals surface area contributed by atoms with E-state index >= 15 is 0 Å². The molecular weight excluding hydrogens is 561 g/mol. The maximum absolute atomic E-state index is 14.1. The molecule has 3 aromatic rings. The van der Waals surface area contributed by atoms with Crippen LogP contribution in [0.25, 0.3) is 0 Å². The summed E-state index contributed by atoms with van der Waals surface area (Å²) in [7, 11) is -1.45. The van der Waals surface area contributed by atoms with Crippen molar-refractivity contribution in [3.05, 3.63) is 84.2 Å². The normalized spacial score (nSPS) is 12.0.